The van der Waals surface area contributed by atoms with Crippen molar-refractivity contribution in [1.82, 2.24) is 40.4 Å². The summed E-state index contributed by atoms with van der Waals surface area (Å²) in [5.74, 6) is 0.662. The van der Waals surface area contributed by atoms with E-state index in [0.717, 1.165) is 74.5 Å². The molecule has 14 nitrogen and oxygen atoms in total. The molecular formula is C41H47N8O6S-. The number of hydrogen-bond donors (Lipinski definition) is 4. The average molecular weight is 780 g/mol. The Balaban J connectivity index is 1.04. The summed E-state index contributed by atoms with van der Waals surface area (Å²) >= 11 is 1.66. The van der Waals surface area contributed by atoms with Crippen molar-refractivity contribution < 1.29 is 29.0 Å². The van der Waals surface area contributed by atoms with Gasteiger partial charge in [0.1, 0.15) is 29.8 Å². The Hall–Kier alpha value is -5.70. The molecule has 2 fully saturated rings. The molecule has 2 aliphatic heterocycles. The van der Waals surface area contributed by atoms with Crippen molar-refractivity contribution in [3.8, 4) is 32.3 Å². The van der Waals surface area contributed by atoms with Gasteiger partial charge in [-0.15, -0.1) is 11.3 Å². The first kappa shape index (κ1) is 38.6. The number of carboxylic acid groups (broad SMARTS) is 1. The molecule has 0 bridgehead atoms. The summed E-state index contributed by atoms with van der Waals surface area (Å²) in [6.07, 6.45) is 4.68. The summed E-state index contributed by atoms with van der Waals surface area (Å²) in [5.41, 5.74) is 3.78. The number of imidazole rings is 2. The minimum absolute atomic E-state index is 0.108. The van der Waals surface area contributed by atoms with Crippen molar-refractivity contribution in [1.29, 1.82) is 0 Å². The minimum atomic E-state index is -1.46. The molecule has 0 saturated carbocycles. The first-order chi connectivity index (χ1) is 26.9. The predicted molar refractivity (Wildman–Crippen MR) is 211 cm³/mol. The van der Waals surface area contributed by atoms with E-state index in [9.17, 15) is 24.3 Å². The number of carbonyl (C=O) groups excluding carboxylic acids is 4. The number of hydrogen-bond acceptors (Lipinski definition) is 9. The molecule has 1 unspecified atom stereocenters. The van der Waals surface area contributed by atoms with Crippen LogP contribution in [0.25, 0.3) is 43.0 Å². The maximum atomic E-state index is 13.6. The fraction of sp³-hybridized carbons (Fsp3) is 0.415. The highest BCUT2D eigenvalue weighted by Crippen LogP contribution is 2.38. The van der Waals surface area contributed by atoms with Crippen molar-refractivity contribution in [3.05, 3.63) is 72.6 Å². The first-order valence-corrected chi connectivity index (χ1v) is 19.9. The van der Waals surface area contributed by atoms with Gasteiger partial charge in [0.2, 0.25) is 11.8 Å². The SMILES string of the molecule is COC(=O)N[C@@H](C(=O)N1CCC[C@@H]1c1ncc(-c2ccc(-c3ccc4cc(-c5cnc([C@H]6CCCN6C(=O)C(NC(=O)[O-])C(C)C)[nH]5)ccc4c3)s2)[nH]1)C(C)C. The molecule has 2 aliphatic rings. The van der Waals surface area contributed by atoms with Crippen LogP contribution in [0.5, 0.6) is 0 Å². The van der Waals surface area contributed by atoms with E-state index in [0.29, 0.717) is 18.9 Å². The fourth-order valence-electron chi connectivity index (χ4n) is 7.81. The summed E-state index contributed by atoms with van der Waals surface area (Å²) in [6, 6.07) is 14.8. The molecule has 3 aromatic heterocycles. The largest absolute Gasteiger partial charge is 0.530 e. The van der Waals surface area contributed by atoms with Gasteiger partial charge < -0.3 is 45.0 Å². The Kier molecular flexibility index (Phi) is 11.1. The quantitative estimate of drug-likeness (QED) is 0.125. The molecule has 5 heterocycles. The molecule has 4 N–H and O–H groups in total. The van der Waals surface area contributed by atoms with Crippen LogP contribution >= 0.6 is 11.3 Å². The monoisotopic (exact) mass is 779 g/mol. The number of ether oxygens (including phenoxy) is 1. The van der Waals surface area contributed by atoms with Crippen LogP contribution in [0.1, 0.15) is 77.1 Å². The molecule has 294 valence electrons. The van der Waals surface area contributed by atoms with Crippen LogP contribution in [0.3, 0.4) is 0 Å². The number of fused-ring (bicyclic) bond motifs is 1. The lowest BCUT2D eigenvalue weighted by atomic mass is 10.0. The molecule has 7 rings (SSSR count). The molecule has 56 heavy (non-hydrogen) atoms. The summed E-state index contributed by atoms with van der Waals surface area (Å²) in [7, 11) is 1.29. The van der Waals surface area contributed by atoms with E-state index >= 15 is 0 Å². The molecule has 4 amide bonds. The van der Waals surface area contributed by atoms with Gasteiger partial charge >= 0.3 is 6.09 Å². The Bertz CT molecular complexity index is 2240. The van der Waals surface area contributed by atoms with Gasteiger partial charge in [-0.25, -0.2) is 14.8 Å². The van der Waals surface area contributed by atoms with Gasteiger partial charge in [-0.2, -0.15) is 0 Å². The number of carbonyl (C=O) groups is 4. The van der Waals surface area contributed by atoms with E-state index in [4.69, 9.17) is 9.72 Å². The van der Waals surface area contributed by atoms with Crippen LogP contribution in [0.2, 0.25) is 0 Å². The van der Waals surface area contributed by atoms with Crippen molar-refractivity contribution >= 4 is 46.1 Å². The van der Waals surface area contributed by atoms with Crippen LogP contribution in [0.15, 0.2) is 60.9 Å². The van der Waals surface area contributed by atoms with Gasteiger partial charge in [-0.1, -0.05) is 52.0 Å². The molecule has 15 heteroatoms. The van der Waals surface area contributed by atoms with Gasteiger partial charge in [0.25, 0.3) is 0 Å². The van der Waals surface area contributed by atoms with Crippen LogP contribution in [-0.4, -0.2) is 86.0 Å². The number of rotatable bonds is 11. The van der Waals surface area contributed by atoms with Crippen LogP contribution < -0.4 is 15.7 Å². The zero-order valence-electron chi connectivity index (χ0n) is 32.1. The van der Waals surface area contributed by atoms with Crippen LogP contribution in [-0.2, 0) is 14.3 Å². The van der Waals surface area contributed by atoms with Gasteiger partial charge in [0.05, 0.1) is 47.9 Å². The third kappa shape index (κ3) is 7.85. The zero-order chi connectivity index (χ0) is 39.7. The zero-order valence-corrected chi connectivity index (χ0v) is 32.9. The van der Waals surface area contributed by atoms with Crippen molar-refractivity contribution in [2.24, 2.45) is 11.8 Å². The number of methoxy groups -OCH3 is 1. The number of benzene rings is 2. The number of nitrogens with zero attached hydrogens (tertiary/aromatic N) is 4. The molecule has 5 aromatic rings. The Morgan fingerprint density at radius 1 is 0.750 bits per heavy atom. The molecule has 2 aromatic carbocycles. The average Bonchev–Trinajstić information content (AvgIpc) is 4.03. The number of amides is 4. The van der Waals surface area contributed by atoms with E-state index in [1.165, 1.54) is 7.11 Å². The van der Waals surface area contributed by atoms with Crippen molar-refractivity contribution in [2.75, 3.05) is 20.2 Å². The van der Waals surface area contributed by atoms with Crippen LogP contribution in [0, 0.1) is 11.8 Å². The highest BCUT2D eigenvalue weighted by molar-refractivity contribution is 7.18. The summed E-state index contributed by atoms with van der Waals surface area (Å²) in [5, 5.41) is 18.4. The summed E-state index contributed by atoms with van der Waals surface area (Å²) in [4.78, 5) is 72.1. The second-order valence-electron chi connectivity index (χ2n) is 15.2. The number of nitrogens with one attached hydrogen (secondary N) is 4. The molecule has 4 atom stereocenters. The smallest absolute Gasteiger partial charge is 0.407 e. The molecule has 0 radical (unpaired) electrons. The van der Waals surface area contributed by atoms with Gasteiger partial charge in [0.15, 0.2) is 0 Å². The second-order valence-corrected chi connectivity index (χ2v) is 16.3. The number of alkyl carbamates (subject to hydrolysis) is 1. The Labute approximate surface area is 329 Å². The van der Waals surface area contributed by atoms with Gasteiger partial charge in [-0.3, -0.25) is 9.59 Å². The lowest BCUT2D eigenvalue weighted by Gasteiger charge is -2.31. The maximum Gasteiger partial charge on any atom is 0.407 e. The number of H-pyrrole nitrogens is 2. The molecule has 0 spiro atoms. The lowest BCUT2D eigenvalue weighted by Crippen LogP contribution is -2.54. The van der Waals surface area contributed by atoms with Crippen molar-refractivity contribution in [2.45, 2.75) is 77.5 Å². The second kappa shape index (κ2) is 16.2. The molecule has 0 aliphatic carbocycles. The summed E-state index contributed by atoms with van der Waals surface area (Å²) < 4.78 is 4.76. The minimum Gasteiger partial charge on any atom is -0.530 e. The molecule has 2 saturated heterocycles. The van der Waals surface area contributed by atoms with E-state index in [1.807, 2.05) is 24.9 Å². The van der Waals surface area contributed by atoms with Crippen molar-refractivity contribution in [3.63, 3.8) is 0 Å². The highest BCUT2D eigenvalue weighted by Gasteiger charge is 2.38. The standard InChI is InChI=1S/C41H48N8O6S/c1-22(2)34(46-40(52)53)38(50)48-16-6-8-30(48)36-42-20-28(44-36)26-12-10-25-19-27(13-11-24(25)18-26)32-14-15-33(56-32)29-21-43-37(45-29)31-9-7-17-49(31)39(51)35(23(3)4)47-41(54)55-5/h10-15,18-23,30-31,34-35,46H,6-9,16-17H2,1-5H3,(H,42,44)(H,43,45)(H,47,54)(H,52,53)/p-1/t30-,31-,34?,35-/m1/s1. The van der Waals surface area contributed by atoms with E-state index in [1.54, 1.807) is 36.3 Å². The number of likely N-dealkylation sites (tertiary alicyclic amines) is 2. The van der Waals surface area contributed by atoms with E-state index in [-0.39, 0.29) is 35.7 Å². The number of aromatic nitrogens is 4. The highest BCUT2D eigenvalue weighted by atomic mass is 32.1. The topological polar surface area (TPSA) is 188 Å². The third-order valence-corrected chi connectivity index (χ3v) is 12.0. The predicted octanol–water partition coefficient (Wildman–Crippen LogP) is 6.01. The maximum absolute atomic E-state index is 13.6. The van der Waals surface area contributed by atoms with Gasteiger partial charge in [-0.05, 0) is 78.1 Å². The Morgan fingerprint density at radius 2 is 1.27 bits per heavy atom. The normalized spacial score (nSPS) is 18.1. The molecular weight excluding hydrogens is 733 g/mol. The third-order valence-electron chi connectivity index (χ3n) is 10.8. The number of thiophene rings is 1. The summed E-state index contributed by atoms with van der Waals surface area (Å²) in [6.45, 7) is 8.54. The van der Waals surface area contributed by atoms with E-state index < -0.39 is 24.3 Å². The Morgan fingerprint density at radius 3 is 1.84 bits per heavy atom. The lowest BCUT2D eigenvalue weighted by molar-refractivity contribution is -0.252. The van der Waals surface area contributed by atoms with Gasteiger partial charge in [0, 0.05) is 23.5 Å². The first-order valence-electron chi connectivity index (χ1n) is 19.1. The number of aromatic amines is 2. The van der Waals surface area contributed by atoms with Crippen LogP contribution in [0.4, 0.5) is 9.59 Å². The van der Waals surface area contributed by atoms with E-state index in [2.05, 4.69) is 74.1 Å². The fourth-order valence-corrected chi connectivity index (χ4v) is 8.78.